The lowest BCUT2D eigenvalue weighted by molar-refractivity contribution is -0.111. The van der Waals surface area contributed by atoms with Gasteiger partial charge in [-0.25, -0.2) is 9.78 Å². The van der Waals surface area contributed by atoms with E-state index in [-0.39, 0.29) is 12.4 Å². The van der Waals surface area contributed by atoms with Gasteiger partial charge in [-0.1, -0.05) is 0 Å². The molecule has 0 spiro atoms. The molecule has 1 rings (SSSR count). The molecule has 96 valence electrons. The fourth-order valence-electron chi connectivity index (χ4n) is 0.696. The van der Waals surface area contributed by atoms with Gasteiger partial charge in [-0.3, -0.25) is 4.98 Å². The number of carbonyl (C=O) groups excluding carboxylic acids is 1. The van der Waals surface area contributed by atoms with Crippen LogP contribution in [0.25, 0.3) is 0 Å². The minimum Gasteiger partial charge on any atom is -0.394 e. The molecule has 0 bridgehead atoms. The van der Waals surface area contributed by atoms with Crippen molar-refractivity contribution in [2.45, 2.75) is 18.6 Å². The molecule has 1 aromatic heterocycles. The van der Waals surface area contributed by atoms with E-state index in [9.17, 15) is 9.59 Å². The van der Waals surface area contributed by atoms with E-state index >= 15 is 0 Å². The van der Waals surface area contributed by atoms with Crippen molar-refractivity contribution in [3.63, 3.8) is 0 Å². The number of nitrogens with one attached hydrogen (secondary N) is 1. The zero-order valence-corrected chi connectivity index (χ0v) is 8.85. The molecule has 0 aromatic carbocycles. The zero-order valence-electron chi connectivity index (χ0n) is 8.85. The van der Waals surface area contributed by atoms with Crippen LogP contribution in [0.1, 0.15) is 6.42 Å². The predicted molar refractivity (Wildman–Crippen MR) is 56.8 cm³/mol. The van der Waals surface area contributed by atoms with Crippen LogP contribution in [-0.4, -0.2) is 55.4 Å². The molecule has 2 atom stereocenters. The monoisotopic (exact) mass is 246 g/mol. The minimum atomic E-state index is -1.20. The van der Waals surface area contributed by atoms with Crippen molar-refractivity contribution in [1.82, 2.24) is 15.0 Å². The number of nitrogens with zero attached hydrogens (tertiary/aromatic N) is 2. The Balaban J connectivity index is 0.000000302. The molecule has 0 aliphatic carbocycles. The molecule has 0 fully saturated rings. The van der Waals surface area contributed by atoms with E-state index in [1.165, 1.54) is 6.33 Å². The predicted octanol–water partition coefficient (Wildman–Crippen LogP) is -2.96. The zero-order chi connectivity index (χ0) is 13.3. The molecule has 0 saturated carbocycles. The summed E-state index contributed by atoms with van der Waals surface area (Å²) < 4.78 is 0. The van der Waals surface area contributed by atoms with Crippen LogP contribution in [0.4, 0.5) is 5.95 Å². The highest BCUT2D eigenvalue weighted by atomic mass is 16.4. The van der Waals surface area contributed by atoms with Gasteiger partial charge in [0.1, 0.15) is 18.7 Å². The van der Waals surface area contributed by atoms with Gasteiger partial charge in [-0.2, -0.15) is 4.98 Å². The van der Waals surface area contributed by atoms with Gasteiger partial charge >= 0.3 is 5.69 Å². The second-order valence-corrected chi connectivity index (χ2v) is 2.90. The lowest BCUT2D eigenvalue weighted by Crippen LogP contribution is -2.29. The highest BCUT2D eigenvalue weighted by Gasteiger charge is 2.13. The second-order valence-electron chi connectivity index (χ2n) is 2.90. The summed E-state index contributed by atoms with van der Waals surface area (Å²) in [6, 6.07) is 0. The van der Waals surface area contributed by atoms with Crippen LogP contribution in [-0.2, 0) is 4.79 Å². The third-order valence-corrected chi connectivity index (χ3v) is 1.57. The number of nitrogen functional groups attached to an aromatic ring is 1. The van der Waals surface area contributed by atoms with Gasteiger partial charge in [-0.15, -0.1) is 0 Å². The third-order valence-electron chi connectivity index (χ3n) is 1.57. The molecular formula is C8H14N4O5. The summed E-state index contributed by atoms with van der Waals surface area (Å²) >= 11 is 0. The maximum Gasteiger partial charge on any atom is 0.349 e. The molecule has 0 saturated heterocycles. The Bertz CT molecular complexity index is 382. The number of aliphatic hydroxyl groups is 3. The molecule has 17 heavy (non-hydrogen) atoms. The number of hydrogen-bond donors (Lipinski definition) is 5. The topological polar surface area (TPSA) is 162 Å². The van der Waals surface area contributed by atoms with Crippen LogP contribution in [0.2, 0.25) is 0 Å². The summed E-state index contributed by atoms with van der Waals surface area (Å²) in [7, 11) is 0. The first-order chi connectivity index (χ1) is 8.01. The number of anilines is 1. The number of nitrogens with two attached hydrogens (primary N) is 1. The van der Waals surface area contributed by atoms with E-state index < -0.39 is 24.5 Å². The summed E-state index contributed by atoms with van der Waals surface area (Å²) in [5, 5.41) is 25.5. The number of aliphatic hydroxyl groups excluding tert-OH is 3. The van der Waals surface area contributed by atoms with Crippen LogP contribution in [0, 0.1) is 0 Å². The average molecular weight is 246 g/mol. The van der Waals surface area contributed by atoms with Crippen molar-refractivity contribution in [3.05, 3.63) is 16.8 Å². The van der Waals surface area contributed by atoms with Crippen molar-refractivity contribution >= 4 is 12.2 Å². The second kappa shape index (κ2) is 8.33. The van der Waals surface area contributed by atoms with E-state index in [0.717, 1.165) is 0 Å². The van der Waals surface area contributed by atoms with Crippen LogP contribution < -0.4 is 11.4 Å². The van der Waals surface area contributed by atoms with Gasteiger partial charge in [-0.05, 0) is 0 Å². The number of aromatic nitrogens is 3. The van der Waals surface area contributed by atoms with Gasteiger partial charge < -0.3 is 25.8 Å². The number of aldehydes is 1. The fraction of sp³-hybridized carbons (Fsp3) is 0.500. The first kappa shape index (κ1) is 15.2. The Labute approximate surface area is 96.0 Å². The minimum absolute atomic E-state index is 0.00579. The smallest absolute Gasteiger partial charge is 0.349 e. The first-order valence-corrected chi connectivity index (χ1v) is 4.59. The highest BCUT2D eigenvalue weighted by Crippen LogP contribution is 1.94. The summed E-state index contributed by atoms with van der Waals surface area (Å²) in [5.41, 5.74) is 4.54. The molecule has 9 heteroatoms. The van der Waals surface area contributed by atoms with Gasteiger partial charge in [0.25, 0.3) is 0 Å². The molecule has 1 heterocycles. The Morgan fingerprint density at radius 1 is 1.47 bits per heavy atom. The van der Waals surface area contributed by atoms with Crippen molar-refractivity contribution in [3.8, 4) is 0 Å². The summed E-state index contributed by atoms with van der Waals surface area (Å²) in [5.74, 6) is -0.00579. The number of hydrogen-bond acceptors (Lipinski definition) is 8. The van der Waals surface area contributed by atoms with E-state index in [4.69, 9.17) is 21.1 Å². The number of aromatic amines is 1. The molecule has 6 N–H and O–H groups in total. The van der Waals surface area contributed by atoms with E-state index in [0.29, 0.717) is 6.29 Å². The van der Waals surface area contributed by atoms with Crippen LogP contribution in [0.15, 0.2) is 11.1 Å². The average Bonchev–Trinajstić information content (AvgIpc) is 2.28. The van der Waals surface area contributed by atoms with Gasteiger partial charge in [0.15, 0.2) is 0 Å². The Morgan fingerprint density at radius 2 is 2.12 bits per heavy atom. The van der Waals surface area contributed by atoms with E-state index in [2.05, 4.69) is 15.0 Å². The summed E-state index contributed by atoms with van der Waals surface area (Å²) in [6.45, 7) is -0.519. The fourth-order valence-corrected chi connectivity index (χ4v) is 0.696. The van der Waals surface area contributed by atoms with Crippen LogP contribution >= 0.6 is 0 Å². The number of carbonyl (C=O) groups is 1. The third kappa shape index (κ3) is 7.11. The number of H-pyrrole nitrogens is 1. The number of rotatable bonds is 4. The van der Waals surface area contributed by atoms with Gasteiger partial charge in [0.2, 0.25) is 5.95 Å². The SMILES string of the molecule is Nc1nc[nH]c(=O)n1.O=CC[C@H](O)[C@H](O)CO. The van der Waals surface area contributed by atoms with Crippen LogP contribution in [0.3, 0.4) is 0 Å². The van der Waals surface area contributed by atoms with E-state index in [1.54, 1.807) is 0 Å². The lowest BCUT2D eigenvalue weighted by atomic mass is 10.2. The standard InChI is InChI=1S/C5H10O4.C3H4N4O/c6-2-1-4(8)5(9)3-7;4-2-5-1-6-3(8)7-2/h2,4-5,7-9H,1,3H2;1H,(H3,4,5,6,7,8)/t4-,5+;/m0./s1. The lowest BCUT2D eigenvalue weighted by Gasteiger charge is -2.11. The Hall–Kier alpha value is -1.84. The molecule has 0 aliphatic heterocycles. The van der Waals surface area contributed by atoms with Crippen molar-refractivity contribution in [2.75, 3.05) is 12.3 Å². The van der Waals surface area contributed by atoms with Crippen molar-refractivity contribution in [1.29, 1.82) is 0 Å². The maximum atomic E-state index is 10.2. The first-order valence-electron chi connectivity index (χ1n) is 4.59. The molecule has 0 radical (unpaired) electrons. The van der Waals surface area contributed by atoms with Crippen LogP contribution in [0.5, 0.6) is 0 Å². The molecule has 0 amide bonds. The summed E-state index contributed by atoms with van der Waals surface area (Å²) in [6.07, 6.45) is -0.779. The molecule has 0 unspecified atom stereocenters. The Morgan fingerprint density at radius 3 is 2.47 bits per heavy atom. The molecule has 0 aliphatic rings. The van der Waals surface area contributed by atoms with Gasteiger partial charge in [0.05, 0.1) is 12.7 Å². The van der Waals surface area contributed by atoms with Gasteiger partial charge in [0, 0.05) is 6.42 Å². The molecular weight excluding hydrogens is 232 g/mol. The largest absolute Gasteiger partial charge is 0.394 e. The van der Waals surface area contributed by atoms with Crippen molar-refractivity contribution < 1.29 is 20.1 Å². The quantitative estimate of drug-likeness (QED) is 0.352. The normalized spacial score (nSPS) is 13.1. The summed E-state index contributed by atoms with van der Waals surface area (Å²) in [4.78, 5) is 28.8. The molecule has 9 nitrogen and oxygen atoms in total. The maximum absolute atomic E-state index is 10.2. The van der Waals surface area contributed by atoms with Crippen molar-refractivity contribution in [2.24, 2.45) is 0 Å². The Kier molecular flexibility index (Phi) is 7.43. The highest BCUT2D eigenvalue weighted by molar-refractivity contribution is 5.50. The van der Waals surface area contributed by atoms with E-state index in [1.807, 2.05) is 0 Å². The molecule has 1 aromatic rings.